The molecule has 1 fully saturated rings. The van der Waals surface area contributed by atoms with E-state index in [-0.39, 0.29) is 0 Å². The van der Waals surface area contributed by atoms with Crippen molar-refractivity contribution in [3.8, 4) is 0 Å². The van der Waals surface area contributed by atoms with E-state index in [1.54, 1.807) is 0 Å². The van der Waals surface area contributed by atoms with Crippen molar-refractivity contribution in [2.75, 3.05) is 0 Å². The van der Waals surface area contributed by atoms with E-state index < -0.39 is 0 Å². The van der Waals surface area contributed by atoms with E-state index in [9.17, 15) is 0 Å². The molecule has 0 spiro atoms. The molecule has 0 amide bonds. The summed E-state index contributed by atoms with van der Waals surface area (Å²) in [6.07, 6.45) is 2.27. The molecular weight excluding hydrogens is 250 g/mol. The van der Waals surface area contributed by atoms with Gasteiger partial charge in [0.1, 0.15) is 0 Å². The van der Waals surface area contributed by atoms with E-state index in [4.69, 9.17) is 5.73 Å². The van der Waals surface area contributed by atoms with Crippen LogP contribution in [0.5, 0.6) is 0 Å². The van der Waals surface area contributed by atoms with Gasteiger partial charge >= 0.3 is 0 Å². The first kappa shape index (κ1) is 11.2. The summed E-state index contributed by atoms with van der Waals surface area (Å²) in [7, 11) is 0. The van der Waals surface area contributed by atoms with Gasteiger partial charge in [0.2, 0.25) is 0 Å². The second kappa shape index (κ2) is 3.91. The molecule has 1 nitrogen and oxygen atoms in total. The Morgan fingerprint density at radius 3 is 2.73 bits per heavy atom. The predicted molar refractivity (Wildman–Crippen MR) is 67.7 cm³/mol. The Hall–Kier alpha value is -0.340. The van der Waals surface area contributed by atoms with Gasteiger partial charge < -0.3 is 5.73 Å². The van der Waals surface area contributed by atoms with Crippen molar-refractivity contribution in [3.05, 3.63) is 34.3 Å². The Balaban J connectivity index is 1.98. The summed E-state index contributed by atoms with van der Waals surface area (Å²) in [6.45, 7) is 4.61. The Kier molecular flexibility index (Phi) is 2.91. The van der Waals surface area contributed by atoms with Gasteiger partial charge in [-0.25, -0.2) is 0 Å². The van der Waals surface area contributed by atoms with Crippen LogP contribution < -0.4 is 5.73 Å². The lowest BCUT2D eigenvalue weighted by molar-refractivity contribution is 0.476. The maximum absolute atomic E-state index is 6.22. The molecule has 2 atom stereocenters. The first-order valence-electron chi connectivity index (χ1n) is 5.49. The van der Waals surface area contributed by atoms with E-state index >= 15 is 0 Å². The maximum Gasteiger partial charge on any atom is 0.0178 e. The fraction of sp³-hybridized carbons (Fsp3) is 0.538. The maximum atomic E-state index is 6.22. The van der Waals surface area contributed by atoms with Crippen LogP contribution in [-0.2, 0) is 6.42 Å². The van der Waals surface area contributed by atoms with E-state index in [1.165, 1.54) is 12.0 Å². The van der Waals surface area contributed by atoms with E-state index in [0.717, 1.165) is 10.9 Å². The number of hydrogen-bond donors (Lipinski definition) is 1. The van der Waals surface area contributed by atoms with Gasteiger partial charge in [-0.2, -0.15) is 0 Å². The summed E-state index contributed by atoms with van der Waals surface area (Å²) >= 11 is 3.49. The van der Waals surface area contributed by atoms with Crippen molar-refractivity contribution in [2.45, 2.75) is 32.7 Å². The third-order valence-corrected chi connectivity index (χ3v) is 3.96. The summed E-state index contributed by atoms with van der Waals surface area (Å²) in [5, 5.41) is 0. The molecule has 2 heteroatoms. The molecule has 0 bridgehead atoms. The van der Waals surface area contributed by atoms with E-state index in [2.05, 4.69) is 54.0 Å². The summed E-state index contributed by atoms with van der Waals surface area (Å²) in [5.74, 6) is 0.705. The van der Waals surface area contributed by atoms with Crippen molar-refractivity contribution < 1.29 is 0 Å². The minimum atomic E-state index is 0.314. The van der Waals surface area contributed by atoms with Crippen LogP contribution in [0.15, 0.2) is 28.7 Å². The Bertz CT molecular complexity index is 359. The summed E-state index contributed by atoms with van der Waals surface area (Å²) in [6, 6.07) is 8.75. The van der Waals surface area contributed by atoms with Crippen LogP contribution >= 0.6 is 15.9 Å². The lowest BCUT2D eigenvalue weighted by Crippen LogP contribution is -2.27. The Morgan fingerprint density at radius 1 is 1.53 bits per heavy atom. The van der Waals surface area contributed by atoms with Crippen LogP contribution in [0.2, 0.25) is 0 Å². The highest BCUT2D eigenvalue weighted by Gasteiger charge is 2.48. The third-order valence-electron chi connectivity index (χ3n) is 3.47. The second-order valence-corrected chi connectivity index (χ2v) is 6.21. The zero-order chi connectivity index (χ0) is 11.1. The molecule has 0 saturated heterocycles. The summed E-state index contributed by atoms with van der Waals surface area (Å²) < 4.78 is 1.14. The molecule has 0 heterocycles. The largest absolute Gasteiger partial charge is 0.327 e. The molecule has 2 rings (SSSR count). The van der Waals surface area contributed by atoms with Crippen LogP contribution in [0.3, 0.4) is 0 Å². The van der Waals surface area contributed by atoms with Gasteiger partial charge in [0, 0.05) is 10.5 Å². The first-order chi connectivity index (χ1) is 6.99. The predicted octanol–water partition coefficient (Wildman–Crippen LogP) is 3.37. The van der Waals surface area contributed by atoms with Gasteiger partial charge in [0.05, 0.1) is 0 Å². The second-order valence-electron chi connectivity index (χ2n) is 5.30. The molecule has 0 aromatic heterocycles. The summed E-state index contributed by atoms with van der Waals surface area (Å²) in [4.78, 5) is 0. The van der Waals surface area contributed by atoms with E-state index in [1.807, 2.05) is 0 Å². The quantitative estimate of drug-likeness (QED) is 0.893. The molecule has 1 aliphatic rings. The van der Waals surface area contributed by atoms with Gasteiger partial charge in [-0.05, 0) is 41.9 Å². The number of hydrogen-bond acceptors (Lipinski definition) is 1. The molecule has 0 radical (unpaired) electrons. The smallest absolute Gasteiger partial charge is 0.0178 e. The zero-order valence-electron chi connectivity index (χ0n) is 9.33. The highest BCUT2D eigenvalue weighted by molar-refractivity contribution is 9.10. The fourth-order valence-electron chi connectivity index (χ4n) is 2.32. The lowest BCUT2D eigenvalue weighted by atomic mass is 9.98. The highest BCUT2D eigenvalue weighted by Crippen LogP contribution is 2.53. The molecule has 1 aromatic carbocycles. The molecule has 2 N–H and O–H groups in total. The molecule has 82 valence electrons. The SMILES string of the molecule is CC1(C)CC1C(N)Cc1cccc(Br)c1. The number of benzene rings is 1. The Morgan fingerprint density at radius 2 is 2.20 bits per heavy atom. The van der Waals surface area contributed by atoms with Gasteiger partial charge in [0.25, 0.3) is 0 Å². The fourth-order valence-corrected chi connectivity index (χ4v) is 2.76. The van der Waals surface area contributed by atoms with Crippen molar-refractivity contribution in [3.63, 3.8) is 0 Å². The average molecular weight is 268 g/mol. The zero-order valence-corrected chi connectivity index (χ0v) is 10.9. The highest BCUT2D eigenvalue weighted by atomic mass is 79.9. The van der Waals surface area contributed by atoms with Crippen molar-refractivity contribution in [1.82, 2.24) is 0 Å². The van der Waals surface area contributed by atoms with Gasteiger partial charge in [0.15, 0.2) is 0 Å². The number of halogens is 1. The Labute approximate surface area is 100 Å². The van der Waals surface area contributed by atoms with Crippen molar-refractivity contribution in [2.24, 2.45) is 17.1 Å². The normalized spacial score (nSPS) is 24.9. The molecule has 2 unspecified atom stereocenters. The molecular formula is C13H18BrN. The van der Waals surface area contributed by atoms with Gasteiger partial charge in [-0.3, -0.25) is 0 Å². The monoisotopic (exact) mass is 267 g/mol. The number of nitrogens with two attached hydrogens (primary N) is 1. The number of rotatable bonds is 3. The van der Waals surface area contributed by atoms with Gasteiger partial charge in [-0.15, -0.1) is 0 Å². The molecule has 1 saturated carbocycles. The van der Waals surface area contributed by atoms with Crippen LogP contribution in [0.4, 0.5) is 0 Å². The van der Waals surface area contributed by atoms with Crippen LogP contribution in [0.25, 0.3) is 0 Å². The third kappa shape index (κ3) is 2.61. The van der Waals surface area contributed by atoms with Gasteiger partial charge in [-0.1, -0.05) is 41.9 Å². The molecule has 0 aliphatic heterocycles. The minimum Gasteiger partial charge on any atom is -0.327 e. The topological polar surface area (TPSA) is 26.0 Å². The van der Waals surface area contributed by atoms with Crippen LogP contribution in [0.1, 0.15) is 25.8 Å². The van der Waals surface area contributed by atoms with Crippen LogP contribution in [-0.4, -0.2) is 6.04 Å². The van der Waals surface area contributed by atoms with Crippen molar-refractivity contribution in [1.29, 1.82) is 0 Å². The van der Waals surface area contributed by atoms with Crippen LogP contribution in [0, 0.1) is 11.3 Å². The molecule has 15 heavy (non-hydrogen) atoms. The molecule has 1 aromatic rings. The summed E-state index contributed by atoms with van der Waals surface area (Å²) in [5.41, 5.74) is 8.03. The van der Waals surface area contributed by atoms with Crippen molar-refractivity contribution >= 4 is 15.9 Å². The molecule has 1 aliphatic carbocycles. The lowest BCUT2D eigenvalue weighted by Gasteiger charge is -2.13. The average Bonchev–Trinajstić information content (AvgIpc) is 2.75. The minimum absolute atomic E-state index is 0.314. The first-order valence-corrected chi connectivity index (χ1v) is 6.28. The van der Waals surface area contributed by atoms with E-state index in [0.29, 0.717) is 17.4 Å². The standard InChI is InChI=1S/C13H18BrN/c1-13(2)8-11(13)12(15)7-9-4-3-5-10(14)6-9/h3-6,11-12H,7-8,15H2,1-2H3.